The molecular formula is C20H33N5O6. The fraction of sp³-hybridized carbons (Fsp3) is 0.700. The van der Waals surface area contributed by atoms with Crippen molar-refractivity contribution in [1.82, 2.24) is 10.2 Å². The van der Waals surface area contributed by atoms with Crippen LogP contribution >= 0.6 is 0 Å². The molecule has 1 fully saturated rings. The van der Waals surface area contributed by atoms with Gasteiger partial charge in [-0.25, -0.2) is 4.90 Å². The number of likely N-dealkylation sites (tertiary alicyclic amines) is 1. The van der Waals surface area contributed by atoms with E-state index in [0.29, 0.717) is 11.3 Å². The van der Waals surface area contributed by atoms with Gasteiger partial charge < -0.3 is 17.2 Å². The van der Waals surface area contributed by atoms with E-state index in [2.05, 4.69) is 5.32 Å². The van der Waals surface area contributed by atoms with E-state index in [1.165, 1.54) is 0 Å². The highest BCUT2D eigenvalue weighted by atomic mass is 16.2. The first-order chi connectivity index (χ1) is 14.3. The van der Waals surface area contributed by atoms with E-state index in [0.717, 1.165) is 0 Å². The Labute approximate surface area is 181 Å². The fourth-order valence-electron chi connectivity index (χ4n) is 3.10. The third kappa shape index (κ3) is 6.49. The van der Waals surface area contributed by atoms with Gasteiger partial charge in [-0.3, -0.25) is 34.1 Å². The summed E-state index contributed by atoms with van der Waals surface area (Å²) in [7, 11) is 0. The maximum atomic E-state index is 12.8. The molecular weight excluding hydrogens is 406 g/mol. The summed E-state index contributed by atoms with van der Waals surface area (Å²) in [5.74, 6) is -5.45. The molecule has 11 heteroatoms. The molecule has 0 aliphatic carbocycles. The van der Waals surface area contributed by atoms with Gasteiger partial charge >= 0.3 is 0 Å². The minimum atomic E-state index is -1.26. The quantitative estimate of drug-likeness (QED) is 0.203. The maximum absolute atomic E-state index is 12.8. The number of nitrogens with one attached hydrogen (secondary N) is 1. The molecule has 0 radical (unpaired) electrons. The van der Waals surface area contributed by atoms with Crippen LogP contribution in [0.5, 0.6) is 0 Å². The molecule has 31 heavy (non-hydrogen) atoms. The average molecular weight is 440 g/mol. The van der Waals surface area contributed by atoms with Gasteiger partial charge in [0.15, 0.2) is 0 Å². The van der Waals surface area contributed by atoms with Gasteiger partial charge in [0.05, 0.1) is 30.6 Å². The molecule has 174 valence electrons. The van der Waals surface area contributed by atoms with Crippen LogP contribution in [0.1, 0.15) is 53.4 Å². The molecule has 0 aromatic carbocycles. The molecule has 5 atom stereocenters. The molecule has 1 heterocycles. The van der Waals surface area contributed by atoms with Crippen molar-refractivity contribution in [2.24, 2.45) is 29.0 Å². The second-order valence-corrected chi connectivity index (χ2v) is 8.30. The summed E-state index contributed by atoms with van der Waals surface area (Å²) < 4.78 is 0. The van der Waals surface area contributed by atoms with Crippen LogP contribution in [0.4, 0.5) is 0 Å². The maximum Gasteiger partial charge on any atom is 0.253 e. The second-order valence-electron chi connectivity index (χ2n) is 8.30. The summed E-state index contributed by atoms with van der Waals surface area (Å²) in [4.78, 5) is 74.4. The van der Waals surface area contributed by atoms with Crippen molar-refractivity contribution < 1.29 is 28.8 Å². The van der Waals surface area contributed by atoms with E-state index >= 15 is 0 Å². The summed E-state index contributed by atoms with van der Waals surface area (Å²) in [6, 6.07) is -4.57. The lowest BCUT2D eigenvalue weighted by molar-refractivity contribution is -0.151. The molecule has 0 saturated carbocycles. The number of hydrogen-bond acceptors (Lipinski definition) is 9. The van der Waals surface area contributed by atoms with Gasteiger partial charge in [-0.15, -0.1) is 0 Å². The van der Waals surface area contributed by atoms with Crippen LogP contribution in [-0.2, 0) is 28.8 Å². The van der Waals surface area contributed by atoms with Gasteiger partial charge in [-0.05, 0) is 18.3 Å². The fourth-order valence-corrected chi connectivity index (χ4v) is 3.10. The second kappa shape index (κ2) is 11.2. The minimum Gasteiger partial charge on any atom is -0.370 e. The number of carbonyl (C=O) groups is 6. The van der Waals surface area contributed by atoms with Crippen LogP contribution in [0.2, 0.25) is 0 Å². The first kappa shape index (κ1) is 26.5. The molecule has 1 rings (SSSR count). The van der Waals surface area contributed by atoms with Gasteiger partial charge in [0.25, 0.3) is 11.8 Å². The Bertz CT molecular complexity index is 752. The largest absolute Gasteiger partial charge is 0.370 e. The number of Topliss-reactive ketones (excluding diaryl/α,β-unsaturated/α-hetero) is 2. The lowest BCUT2D eigenvalue weighted by Gasteiger charge is -2.24. The molecule has 0 bridgehead atoms. The number of ketones is 2. The number of amides is 4. The normalized spacial score (nSPS) is 20.5. The SMILES string of the molecule is CC[C@H](C)C(N)C(=O)C(=O)[C@H](CCC(N)=O)NC1CC(=O)N(C(=O)[C@@H](N)C(C)C)C1=O. The predicted octanol–water partition coefficient (Wildman–Crippen LogP) is -1.64. The zero-order valence-electron chi connectivity index (χ0n) is 18.4. The Morgan fingerprint density at radius 3 is 2.13 bits per heavy atom. The van der Waals surface area contributed by atoms with E-state index in [1.54, 1.807) is 20.8 Å². The summed E-state index contributed by atoms with van der Waals surface area (Å²) in [5.41, 5.74) is 16.8. The molecule has 0 spiro atoms. The highest BCUT2D eigenvalue weighted by molar-refractivity contribution is 6.41. The van der Waals surface area contributed by atoms with E-state index in [9.17, 15) is 28.8 Å². The van der Waals surface area contributed by atoms with Gasteiger partial charge in [0.2, 0.25) is 23.4 Å². The Kier molecular flexibility index (Phi) is 9.60. The van der Waals surface area contributed by atoms with Crippen molar-refractivity contribution in [2.75, 3.05) is 0 Å². The Balaban J connectivity index is 3.04. The number of nitrogens with zero attached hydrogens (tertiary/aromatic N) is 1. The molecule has 1 saturated heterocycles. The van der Waals surface area contributed by atoms with Crippen LogP contribution in [0, 0.1) is 11.8 Å². The summed E-state index contributed by atoms with van der Waals surface area (Å²) in [6.45, 7) is 6.89. The first-order valence-corrected chi connectivity index (χ1v) is 10.4. The molecule has 2 unspecified atom stereocenters. The van der Waals surface area contributed by atoms with Crippen LogP contribution in [0.15, 0.2) is 0 Å². The van der Waals surface area contributed by atoms with Crippen LogP contribution in [0.3, 0.4) is 0 Å². The van der Waals surface area contributed by atoms with Gasteiger partial charge in [-0.2, -0.15) is 0 Å². The molecule has 11 nitrogen and oxygen atoms in total. The number of rotatable bonds is 12. The summed E-state index contributed by atoms with van der Waals surface area (Å²) in [6.07, 6.45) is -0.209. The standard InChI is InChI=1S/C20H33N5O6/c1-5-10(4)16(23)18(29)17(28)11(6-7-13(21)26)24-12-8-14(27)25(19(12)30)20(31)15(22)9(2)3/h9-12,15-16,24H,5-8,22-23H2,1-4H3,(H2,21,26)/t10-,11-,12?,15-,16?/m0/s1. The molecule has 1 aliphatic rings. The third-order valence-corrected chi connectivity index (χ3v) is 5.57. The Hall–Kier alpha value is -2.50. The topological polar surface area (TPSA) is 196 Å². The number of carbonyl (C=O) groups excluding carboxylic acids is 6. The van der Waals surface area contributed by atoms with Crippen molar-refractivity contribution in [3.05, 3.63) is 0 Å². The Morgan fingerprint density at radius 1 is 1.06 bits per heavy atom. The van der Waals surface area contributed by atoms with Crippen LogP contribution < -0.4 is 22.5 Å². The van der Waals surface area contributed by atoms with Gasteiger partial charge in [-0.1, -0.05) is 34.1 Å². The smallest absolute Gasteiger partial charge is 0.253 e. The van der Waals surface area contributed by atoms with Crippen LogP contribution in [0.25, 0.3) is 0 Å². The number of primary amides is 1. The van der Waals surface area contributed by atoms with E-state index in [1.807, 2.05) is 6.92 Å². The molecule has 0 aromatic heterocycles. The van der Waals surface area contributed by atoms with E-state index < -0.39 is 59.4 Å². The van der Waals surface area contributed by atoms with Crippen molar-refractivity contribution >= 4 is 35.2 Å². The predicted molar refractivity (Wildman–Crippen MR) is 111 cm³/mol. The third-order valence-electron chi connectivity index (χ3n) is 5.57. The van der Waals surface area contributed by atoms with Gasteiger partial charge in [0, 0.05) is 6.42 Å². The highest BCUT2D eigenvalue weighted by Gasteiger charge is 2.46. The monoisotopic (exact) mass is 439 g/mol. The van der Waals surface area contributed by atoms with Crippen molar-refractivity contribution in [1.29, 1.82) is 0 Å². The van der Waals surface area contributed by atoms with Crippen molar-refractivity contribution in [3.63, 3.8) is 0 Å². The molecule has 0 aromatic rings. The molecule has 7 N–H and O–H groups in total. The van der Waals surface area contributed by atoms with E-state index in [4.69, 9.17) is 17.2 Å². The number of hydrogen-bond donors (Lipinski definition) is 4. The zero-order valence-corrected chi connectivity index (χ0v) is 18.4. The summed E-state index contributed by atoms with van der Waals surface area (Å²) >= 11 is 0. The first-order valence-electron chi connectivity index (χ1n) is 10.4. The average Bonchev–Trinajstić information content (AvgIpc) is 3.00. The van der Waals surface area contributed by atoms with Crippen molar-refractivity contribution in [3.8, 4) is 0 Å². The zero-order chi connectivity index (χ0) is 24.0. The van der Waals surface area contributed by atoms with Crippen molar-refractivity contribution in [2.45, 2.75) is 77.5 Å². The minimum absolute atomic E-state index is 0.162. The summed E-state index contributed by atoms with van der Waals surface area (Å²) in [5, 5.41) is 2.66. The van der Waals surface area contributed by atoms with E-state index in [-0.39, 0.29) is 31.1 Å². The van der Waals surface area contributed by atoms with Gasteiger partial charge in [0.1, 0.15) is 0 Å². The lowest BCUT2D eigenvalue weighted by Crippen LogP contribution is -2.54. The number of nitrogens with two attached hydrogens (primary N) is 3. The highest BCUT2D eigenvalue weighted by Crippen LogP contribution is 2.18. The molecule has 4 amide bonds. The molecule has 1 aliphatic heterocycles. The lowest BCUT2D eigenvalue weighted by atomic mass is 9.90. The van der Waals surface area contributed by atoms with Crippen LogP contribution in [-0.4, -0.2) is 64.3 Å². The number of imide groups is 3. The Morgan fingerprint density at radius 2 is 1.65 bits per heavy atom.